The fourth-order valence-corrected chi connectivity index (χ4v) is 3.96. The van der Waals surface area contributed by atoms with Gasteiger partial charge in [-0.15, -0.1) is 0 Å². The first-order valence-electron chi connectivity index (χ1n) is 11.8. The van der Waals surface area contributed by atoms with Crippen LogP contribution in [0.3, 0.4) is 0 Å². The Morgan fingerprint density at radius 2 is 1.51 bits per heavy atom. The summed E-state index contributed by atoms with van der Waals surface area (Å²) in [4.78, 5) is 62.7. The fraction of sp³-hybridized carbons (Fsp3) is 0.542. The van der Waals surface area contributed by atoms with Gasteiger partial charge >= 0.3 is 18.2 Å². The Bertz CT molecular complexity index is 1030. The molecule has 1 fully saturated rings. The molecule has 0 bridgehead atoms. The molecule has 1 saturated heterocycles. The molecule has 37 heavy (non-hydrogen) atoms. The number of Topliss-reactive ketones (excluding diaryl/α,β-unsaturated/α-hetero) is 1. The number of carbonyl (C=O) groups excluding carboxylic acids is 4. The van der Waals surface area contributed by atoms with Crippen molar-refractivity contribution in [1.29, 1.82) is 0 Å². The second-order valence-corrected chi connectivity index (χ2v) is 9.48. The number of hydrogen-bond donors (Lipinski definition) is 4. The summed E-state index contributed by atoms with van der Waals surface area (Å²) in [7, 11) is 0. The molecule has 1 heterocycles. The molecular formula is C24H31F3N4O6. The van der Waals surface area contributed by atoms with E-state index in [-0.39, 0.29) is 24.2 Å². The zero-order valence-corrected chi connectivity index (χ0v) is 20.9. The minimum Gasteiger partial charge on any atom is -0.478 e. The number of carboxylic acids is 1. The maximum absolute atomic E-state index is 13.3. The maximum atomic E-state index is 13.3. The fourth-order valence-electron chi connectivity index (χ4n) is 3.96. The van der Waals surface area contributed by atoms with Gasteiger partial charge in [0.25, 0.3) is 5.78 Å². The van der Waals surface area contributed by atoms with Crippen LogP contribution in [0.1, 0.15) is 50.9 Å². The monoisotopic (exact) mass is 528 g/mol. The van der Waals surface area contributed by atoms with Gasteiger partial charge in [0.2, 0.25) is 11.8 Å². The van der Waals surface area contributed by atoms with Crippen molar-refractivity contribution >= 4 is 35.3 Å². The van der Waals surface area contributed by atoms with Crippen molar-refractivity contribution in [2.45, 2.75) is 64.8 Å². The van der Waals surface area contributed by atoms with Crippen LogP contribution < -0.4 is 16.0 Å². The van der Waals surface area contributed by atoms with Gasteiger partial charge in [0.1, 0.15) is 12.1 Å². The van der Waals surface area contributed by atoms with E-state index in [4.69, 9.17) is 5.11 Å². The molecule has 0 aliphatic carbocycles. The van der Waals surface area contributed by atoms with E-state index in [0.717, 1.165) is 0 Å². The molecule has 4 amide bonds. The summed E-state index contributed by atoms with van der Waals surface area (Å²) in [6, 6.07) is 0.657. The average molecular weight is 529 g/mol. The Hall–Kier alpha value is -3.64. The number of likely N-dealkylation sites (tertiary alicyclic amines) is 1. The van der Waals surface area contributed by atoms with Gasteiger partial charge in [0.15, 0.2) is 0 Å². The predicted molar refractivity (Wildman–Crippen MR) is 127 cm³/mol. The van der Waals surface area contributed by atoms with Crippen LogP contribution in [0.5, 0.6) is 0 Å². The van der Waals surface area contributed by atoms with E-state index in [2.05, 4.69) is 16.0 Å². The number of halogens is 3. The smallest absolute Gasteiger partial charge is 0.452 e. The van der Waals surface area contributed by atoms with Crippen molar-refractivity contribution in [1.82, 2.24) is 15.5 Å². The van der Waals surface area contributed by atoms with Gasteiger partial charge in [-0.1, -0.05) is 27.7 Å². The van der Waals surface area contributed by atoms with Gasteiger partial charge in [-0.2, -0.15) is 13.2 Å². The molecule has 0 radical (unpaired) electrons. The summed E-state index contributed by atoms with van der Waals surface area (Å²) in [6.45, 7) is 6.25. The number of amides is 4. The highest BCUT2D eigenvalue weighted by molar-refractivity contribution is 5.98. The average Bonchev–Trinajstić information content (AvgIpc) is 3.29. The Morgan fingerprint density at radius 3 is 2.00 bits per heavy atom. The number of carbonyl (C=O) groups is 5. The number of nitrogens with one attached hydrogen (secondary N) is 3. The van der Waals surface area contributed by atoms with E-state index in [1.807, 2.05) is 0 Å². The number of ketones is 1. The molecule has 10 nitrogen and oxygen atoms in total. The summed E-state index contributed by atoms with van der Waals surface area (Å²) < 4.78 is 38.9. The number of benzene rings is 1. The van der Waals surface area contributed by atoms with Crippen LogP contribution in [-0.4, -0.2) is 70.5 Å². The number of hydrogen-bond acceptors (Lipinski definition) is 5. The standard InChI is InChI=1S/C24H31F3N4O6/c1-12(2)17(19(32)24(25,26)27)29-20(33)16-6-5-11-31(16)21(34)18(13(3)4)30-23(37)28-15-9-7-14(8-10-15)22(35)36/h7-10,12-13,16-18H,5-6,11H2,1-4H3,(H,29,33)(H,35,36)(H2,28,30,37)/t16-,17?,18-/m0/s1. The lowest BCUT2D eigenvalue weighted by molar-refractivity contribution is -0.175. The summed E-state index contributed by atoms with van der Waals surface area (Å²) in [5.41, 5.74) is 0.307. The van der Waals surface area contributed by atoms with E-state index < -0.39 is 65.7 Å². The third-order valence-electron chi connectivity index (χ3n) is 5.97. The van der Waals surface area contributed by atoms with Crippen LogP contribution in [0.2, 0.25) is 0 Å². The number of carboxylic acid groups (broad SMARTS) is 1. The first kappa shape index (κ1) is 29.6. The molecular weight excluding hydrogens is 497 g/mol. The first-order chi connectivity index (χ1) is 17.1. The van der Waals surface area contributed by atoms with Crippen LogP contribution in [0, 0.1) is 11.8 Å². The third-order valence-corrected chi connectivity index (χ3v) is 5.97. The van der Waals surface area contributed by atoms with Crippen LogP contribution in [0.25, 0.3) is 0 Å². The zero-order valence-electron chi connectivity index (χ0n) is 20.9. The summed E-state index contributed by atoms with van der Waals surface area (Å²) in [6.07, 6.45) is -4.52. The van der Waals surface area contributed by atoms with Gasteiger partial charge in [-0.25, -0.2) is 9.59 Å². The molecule has 4 N–H and O–H groups in total. The van der Waals surface area contributed by atoms with Gasteiger partial charge in [0.05, 0.1) is 11.6 Å². The van der Waals surface area contributed by atoms with Gasteiger partial charge in [-0.05, 0) is 48.9 Å². The SMILES string of the molecule is CC(C)C(NC(=O)[C@@H]1CCCN1C(=O)[C@@H](NC(=O)Nc1ccc(C(=O)O)cc1)C(C)C)C(=O)C(F)(F)F. The normalized spacial score (nSPS) is 17.3. The van der Waals surface area contributed by atoms with Crippen molar-refractivity contribution in [3.05, 3.63) is 29.8 Å². The lowest BCUT2D eigenvalue weighted by Crippen LogP contribution is -2.58. The summed E-state index contributed by atoms with van der Waals surface area (Å²) in [5, 5.41) is 16.2. The molecule has 1 aliphatic heterocycles. The minimum absolute atomic E-state index is 0.0242. The number of urea groups is 1. The molecule has 0 spiro atoms. The van der Waals surface area contributed by atoms with Crippen LogP contribution in [0.15, 0.2) is 24.3 Å². The van der Waals surface area contributed by atoms with E-state index in [1.165, 1.54) is 43.0 Å². The molecule has 0 saturated carbocycles. The van der Waals surface area contributed by atoms with Crippen molar-refractivity contribution in [2.75, 3.05) is 11.9 Å². The lowest BCUT2D eigenvalue weighted by Gasteiger charge is -2.31. The Morgan fingerprint density at radius 1 is 0.946 bits per heavy atom. The molecule has 1 unspecified atom stereocenters. The quantitative estimate of drug-likeness (QED) is 0.388. The summed E-state index contributed by atoms with van der Waals surface area (Å²) >= 11 is 0. The third kappa shape index (κ3) is 7.67. The van der Waals surface area contributed by atoms with Crippen LogP contribution in [0.4, 0.5) is 23.7 Å². The zero-order chi connectivity index (χ0) is 28.1. The van der Waals surface area contributed by atoms with Gasteiger partial charge in [-0.3, -0.25) is 14.4 Å². The maximum Gasteiger partial charge on any atom is 0.452 e. The molecule has 204 valence electrons. The van der Waals surface area contributed by atoms with Crippen molar-refractivity contribution in [3.8, 4) is 0 Å². The number of alkyl halides is 3. The second kappa shape index (κ2) is 12.1. The Balaban J connectivity index is 2.12. The number of anilines is 1. The van der Waals surface area contributed by atoms with E-state index in [1.54, 1.807) is 13.8 Å². The molecule has 1 aromatic rings. The first-order valence-corrected chi connectivity index (χ1v) is 11.8. The van der Waals surface area contributed by atoms with Crippen molar-refractivity contribution in [2.24, 2.45) is 11.8 Å². The van der Waals surface area contributed by atoms with Crippen molar-refractivity contribution < 1.29 is 42.3 Å². The van der Waals surface area contributed by atoms with Crippen LogP contribution in [-0.2, 0) is 14.4 Å². The number of rotatable bonds is 9. The molecule has 3 atom stereocenters. The topological polar surface area (TPSA) is 145 Å². The lowest BCUT2D eigenvalue weighted by atomic mass is 9.98. The Labute approximate surface area is 212 Å². The highest BCUT2D eigenvalue weighted by Crippen LogP contribution is 2.24. The minimum atomic E-state index is -5.12. The molecule has 2 rings (SSSR count). The van der Waals surface area contributed by atoms with Crippen molar-refractivity contribution in [3.63, 3.8) is 0 Å². The highest BCUT2D eigenvalue weighted by Gasteiger charge is 2.46. The molecule has 0 aromatic heterocycles. The number of nitrogens with zero attached hydrogens (tertiary/aromatic N) is 1. The molecule has 1 aliphatic rings. The number of aromatic carboxylic acids is 1. The van der Waals surface area contributed by atoms with E-state index >= 15 is 0 Å². The van der Waals surface area contributed by atoms with Crippen LogP contribution >= 0.6 is 0 Å². The van der Waals surface area contributed by atoms with Gasteiger partial charge < -0.3 is 26.0 Å². The van der Waals surface area contributed by atoms with E-state index in [9.17, 15) is 37.1 Å². The predicted octanol–water partition coefficient (Wildman–Crippen LogP) is 2.79. The second-order valence-electron chi connectivity index (χ2n) is 9.48. The van der Waals surface area contributed by atoms with E-state index in [0.29, 0.717) is 6.42 Å². The van der Waals surface area contributed by atoms with Gasteiger partial charge in [0, 0.05) is 12.2 Å². The largest absolute Gasteiger partial charge is 0.478 e. The molecule has 13 heteroatoms. The molecule has 1 aromatic carbocycles. The Kier molecular flexibility index (Phi) is 9.65. The highest BCUT2D eigenvalue weighted by atomic mass is 19.4. The summed E-state index contributed by atoms with van der Waals surface area (Å²) in [5.74, 6) is -5.90.